The van der Waals surface area contributed by atoms with Gasteiger partial charge in [0.05, 0.1) is 18.8 Å². The van der Waals surface area contributed by atoms with Crippen molar-refractivity contribution in [3.63, 3.8) is 0 Å². The van der Waals surface area contributed by atoms with Crippen LogP contribution in [0.2, 0.25) is 0 Å². The maximum atomic E-state index is 10.3. The zero-order valence-corrected chi connectivity index (χ0v) is 11.9. The number of hydrogen-bond acceptors (Lipinski definition) is 2. The van der Waals surface area contributed by atoms with Gasteiger partial charge in [-0.05, 0) is 42.1 Å². The molecule has 2 aliphatic rings. The Kier molecular flexibility index (Phi) is 3.98. The van der Waals surface area contributed by atoms with Gasteiger partial charge in [-0.25, -0.2) is 0 Å². The molecule has 0 saturated heterocycles. The van der Waals surface area contributed by atoms with Crippen molar-refractivity contribution in [3.05, 3.63) is 24.3 Å². The van der Waals surface area contributed by atoms with Gasteiger partial charge in [0.15, 0.2) is 0 Å². The van der Waals surface area contributed by atoms with Crippen LogP contribution in [0.3, 0.4) is 0 Å². The highest BCUT2D eigenvalue weighted by Gasteiger charge is 2.50. The third-order valence-corrected chi connectivity index (χ3v) is 4.86. The lowest BCUT2D eigenvalue weighted by Crippen LogP contribution is -2.33. The highest BCUT2D eigenvalue weighted by Crippen LogP contribution is 2.55. The van der Waals surface area contributed by atoms with Crippen LogP contribution in [-0.4, -0.2) is 23.9 Å². The molecule has 0 heterocycles. The summed E-state index contributed by atoms with van der Waals surface area (Å²) < 4.78 is 5.72. The predicted molar refractivity (Wildman–Crippen MR) is 74.3 cm³/mol. The summed E-state index contributed by atoms with van der Waals surface area (Å²) in [7, 11) is 0. The number of hydrogen-bond donors (Lipinski definition) is 1. The normalized spacial score (nSPS) is 39.6. The Morgan fingerprint density at radius 3 is 2.94 bits per heavy atom. The van der Waals surface area contributed by atoms with Crippen molar-refractivity contribution in [3.8, 4) is 0 Å². The van der Waals surface area contributed by atoms with E-state index in [2.05, 4.69) is 33.4 Å². The zero-order chi connectivity index (χ0) is 13.3. The van der Waals surface area contributed by atoms with E-state index in [1.54, 1.807) is 6.08 Å². The average molecular weight is 250 g/mol. The van der Waals surface area contributed by atoms with Crippen LogP contribution in [0.25, 0.3) is 0 Å². The molecule has 0 aliphatic heterocycles. The van der Waals surface area contributed by atoms with Gasteiger partial charge in [-0.2, -0.15) is 0 Å². The zero-order valence-electron chi connectivity index (χ0n) is 11.9. The summed E-state index contributed by atoms with van der Waals surface area (Å²) in [4.78, 5) is 0. The van der Waals surface area contributed by atoms with E-state index in [1.165, 1.54) is 5.57 Å². The second-order valence-corrected chi connectivity index (χ2v) is 6.34. The fourth-order valence-electron chi connectivity index (χ4n) is 3.91. The van der Waals surface area contributed by atoms with Crippen LogP contribution >= 0.6 is 0 Å². The molecule has 2 heteroatoms. The molecule has 0 bridgehead atoms. The third-order valence-electron chi connectivity index (χ3n) is 4.86. The third kappa shape index (κ3) is 2.28. The largest absolute Gasteiger partial charge is 0.389 e. The molecule has 0 aromatic rings. The molecule has 102 valence electrons. The molecular formula is C16H26O2. The van der Waals surface area contributed by atoms with Crippen molar-refractivity contribution < 1.29 is 9.84 Å². The van der Waals surface area contributed by atoms with Crippen LogP contribution in [0.5, 0.6) is 0 Å². The maximum Gasteiger partial charge on any atom is 0.0764 e. The van der Waals surface area contributed by atoms with E-state index in [0.29, 0.717) is 18.4 Å². The number of aliphatic hydroxyl groups excluding tert-OH is 1. The molecule has 4 atom stereocenters. The van der Waals surface area contributed by atoms with E-state index in [0.717, 1.165) is 19.3 Å². The Labute approximate surface area is 111 Å². The van der Waals surface area contributed by atoms with E-state index < -0.39 is 0 Å². The summed E-state index contributed by atoms with van der Waals surface area (Å²) in [5.74, 6) is 1.22. The monoisotopic (exact) mass is 250 g/mol. The van der Waals surface area contributed by atoms with Crippen molar-refractivity contribution in [2.75, 3.05) is 6.61 Å². The van der Waals surface area contributed by atoms with Gasteiger partial charge in [-0.3, -0.25) is 0 Å². The first-order valence-corrected chi connectivity index (χ1v) is 7.11. The minimum atomic E-state index is -0.266. The number of rotatable bonds is 4. The first-order valence-electron chi connectivity index (χ1n) is 7.11. The minimum absolute atomic E-state index is 0.159. The van der Waals surface area contributed by atoms with Crippen LogP contribution in [0.1, 0.15) is 40.0 Å². The molecule has 0 spiro atoms. The summed E-state index contributed by atoms with van der Waals surface area (Å²) >= 11 is 0. The van der Waals surface area contributed by atoms with E-state index in [-0.39, 0.29) is 17.6 Å². The van der Waals surface area contributed by atoms with Gasteiger partial charge in [0.1, 0.15) is 0 Å². The molecule has 1 saturated carbocycles. The summed E-state index contributed by atoms with van der Waals surface area (Å²) in [6.07, 6.45) is 6.96. The maximum absolute atomic E-state index is 10.3. The molecule has 0 amide bonds. The van der Waals surface area contributed by atoms with Gasteiger partial charge in [-0.15, -0.1) is 6.58 Å². The van der Waals surface area contributed by atoms with Gasteiger partial charge in [0, 0.05) is 0 Å². The molecule has 18 heavy (non-hydrogen) atoms. The molecule has 2 aliphatic carbocycles. The summed E-state index contributed by atoms with van der Waals surface area (Å²) in [6.45, 7) is 11.1. The average Bonchev–Trinajstić information content (AvgIpc) is 2.59. The second kappa shape index (κ2) is 5.18. The molecule has 0 radical (unpaired) electrons. The topological polar surface area (TPSA) is 29.5 Å². The quantitative estimate of drug-likeness (QED) is 0.776. The first kappa shape index (κ1) is 13.8. The van der Waals surface area contributed by atoms with Crippen molar-refractivity contribution in [2.45, 2.75) is 52.2 Å². The van der Waals surface area contributed by atoms with Crippen LogP contribution in [0, 0.1) is 17.3 Å². The molecule has 0 unspecified atom stereocenters. The van der Waals surface area contributed by atoms with Crippen LogP contribution in [0.15, 0.2) is 24.3 Å². The van der Waals surface area contributed by atoms with Crippen molar-refractivity contribution in [2.24, 2.45) is 17.3 Å². The van der Waals surface area contributed by atoms with Gasteiger partial charge >= 0.3 is 0 Å². The van der Waals surface area contributed by atoms with Crippen LogP contribution in [-0.2, 0) is 4.74 Å². The van der Waals surface area contributed by atoms with Crippen LogP contribution in [0.4, 0.5) is 0 Å². The standard InChI is InChI=1S/C16H26O2/c1-5-8-18-12-6-7-16(4)13(11(2)3)10-15(17)14(16)9-12/h5,9,11-13,15,17H,1,6-8,10H2,2-4H3/t12-,13+,15-,16+/m0/s1. The van der Waals surface area contributed by atoms with Gasteiger partial charge < -0.3 is 9.84 Å². The van der Waals surface area contributed by atoms with E-state index >= 15 is 0 Å². The molecule has 0 aromatic heterocycles. The molecule has 1 N–H and O–H groups in total. The van der Waals surface area contributed by atoms with Crippen LogP contribution < -0.4 is 0 Å². The summed E-state index contributed by atoms with van der Waals surface area (Å²) in [6, 6.07) is 0. The van der Waals surface area contributed by atoms with Crippen molar-refractivity contribution >= 4 is 0 Å². The van der Waals surface area contributed by atoms with Crippen molar-refractivity contribution in [1.82, 2.24) is 0 Å². The number of aliphatic hydroxyl groups is 1. The summed E-state index contributed by atoms with van der Waals surface area (Å²) in [5.41, 5.74) is 1.41. The molecule has 1 fully saturated rings. The Morgan fingerprint density at radius 1 is 1.61 bits per heavy atom. The fourth-order valence-corrected chi connectivity index (χ4v) is 3.91. The summed E-state index contributed by atoms with van der Waals surface area (Å²) in [5, 5.41) is 10.3. The van der Waals surface area contributed by atoms with E-state index in [9.17, 15) is 5.11 Å². The lowest BCUT2D eigenvalue weighted by atomic mass is 9.66. The molecule has 2 nitrogen and oxygen atoms in total. The SMILES string of the molecule is C=CCO[C@@H]1C=C2[C@@H](O)C[C@H](C(C)C)[C@@]2(C)CC1. The smallest absolute Gasteiger partial charge is 0.0764 e. The van der Waals surface area contributed by atoms with Gasteiger partial charge in [0.25, 0.3) is 0 Å². The highest BCUT2D eigenvalue weighted by atomic mass is 16.5. The lowest BCUT2D eigenvalue weighted by molar-refractivity contribution is 0.0699. The Hall–Kier alpha value is -0.600. The minimum Gasteiger partial charge on any atom is -0.389 e. The predicted octanol–water partition coefficient (Wildman–Crippen LogP) is 3.32. The Balaban J connectivity index is 2.20. The second-order valence-electron chi connectivity index (χ2n) is 6.34. The highest BCUT2D eigenvalue weighted by molar-refractivity contribution is 5.29. The van der Waals surface area contributed by atoms with E-state index in [4.69, 9.17) is 4.74 Å². The molecule has 2 rings (SSSR count). The molecule has 0 aromatic carbocycles. The Morgan fingerprint density at radius 2 is 2.33 bits per heavy atom. The van der Waals surface area contributed by atoms with Gasteiger partial charge in [-0.1, -0.05) is 32.9 Å². The van der Waals surface area contributed by atoms with Gasteiger partial charge in [0.2, 0.25) is 0 Å². The fraction of sp³-hybridized carbons (Fsp3) is 0.750. The van der Waals surface area contributed by atoms with Crippen molar-refractivity contribution in [1.29, 1.82) is 0 Å². The van der Waals surface area contributed by atoms with E-state index in [1.807, 2.05) is 0 Å². The number of fused-ring (bicyclic) bond motifs is 1. The Bertz CT molecular complexity index is 345. The molecular weight excluding hydrogens is 224 g/mol. The first-order chi connectivity index (χ1) is 8.49. The number of ether oxygens (including phenoxy) is 1. The lowest BCUT2D eigenvalue weighted by Gasteiger charge is -2.39.